The molecule has 4 heteroatoms. The van der Waals surface area contributed by atoms with Crippen LogP contribution in [0.1, 0.15) is 13.3 Å². The Hall–Kier alpha value is -0.480. The van der Waals surface area contributed by atoms with Crippen molar-refractivity contribution < 1.29 is 9.90 Å². The van der Waals surface area contributed by atoms with E-state index in [9.17, 15) is 4.79 Å². The second-order valence-corrected chi connectivity index (χ2v) is 3.77. The van der Waals surface area contributed by atoms with Gasteiger partial charge in [-0.3, -0.25) is 4.79 Å². The molecule has 0 aromatic carbocycles. The van der Waals surface area contributed by atoms with Crippen LogP contribution >= 0.6 is 11.8 Å². The second-order valence-electron chi connectivity index (χ2n) is 2.62. The third-order valence-corrected chi connectivity index (χ3v) is 2.54. The topological polar surface area (TPSA) is 49.3 Å². The van der Waals surface area contributed by atoms with E-state index in [4.69, 9.17) is 5.11 Å². The van der Waals surface area contributed by atoms with Crippen LogP contribution in [0, 0.1) is 0 Å². The molecular formula is C9H17NO2S. The van der Waals surface area contributed by atoms with Crippen molar-refractivity contribution in [3.8, 4) is 0 Å². The number of carboxylic acid groups (broad SMARTS) is 1. The molecule has 0 heterocycles. The van der Waals surface area contributed by atoms with E-state index in [1.807, 2.05) is 13.0 Å². The van der Waals surface area contributed by atoms with Gasteiger partial charge < -0.3 is 10.4 Å². The highest BCUT2D eigenvalue weighted by Crippen LogP contribution is 1.98. The van der Waals surface area contributed by atoms with Crippen molar-refractivity contribution in [1.82, 2.24) is 5.32 Å². The summed E-state index contributed by atoms with van der Waals surface area (Å²) in [5.74, 6) is 1.08. The van der Waals surface area contributed by atoms with Crippen molar-refractivity contribution >= 4 is 17.7 Å². The highest BCUT2D eigenvalue weighted by atomic mass is 32.2. The zero-order chi connectivity index (χ0) is 10.1. The predicted molar refractivity (Wildman–Crippen MR) is 57.2 cm³/mol. The Balaban J connectivity index is 3.38. The van der Waals surface area contributed by atoms with E-state index in [2.05, 4.69) is 11.9 Å². The third-order valence-electron chi connectivity index (χ3n) is 1.58. The van der Waals surface area contributed by atoms with Gasteiger partial charge in [0.15, 0.2) is 0 Å². The summed E-state index contributed by atoms with van der Waals surface area (Å²) in [5.41, 5.74) is 0. The summed E-state index contributed by atoms with van der Waals surface area (Å²) in [7, 11) is 0. The van der Waals surface area contributed by atoms with Gasteiger partial charge >= 0.3 is 5.97 Å². The van der Waals surface area contributed by atoms with Crippen molar-refractivity contribution in [2.24, 2.45) is 0 Å². The van der Waals surface area contributed by atoms with Crippen LogP contribution in [0.4, 0.5) is 0 Å². The SMILES string of the molecule is C=CCSCCNC(CC)C(=O)O. The lowest BCUT2D eigenvalue weighted by atomic mass is 10.2. The average Bonchev–Trinajstić information content (AvgIpc) is 2.10. The average molecular weight is 203 g/mol. The van der Waals surface area contributed by atoms with Gasteiger partial charge in [0.25, 0.3) is 0 Å². The van der Waals surface area contributed by atoms with E-state index in [0.29, 0.717) is 6.42 Å². The quantitative estimate of drug-likeness (QED) is 0.462. The molecule has 0 spiro atoms. The lowest BCUT2D eigenvalue weighted by molar-refractivity contribution is -0.139. The molecule has 0 aliphatic rings. The maximum atomic E-state index is 10.6. The van der Waals surface area contributed by atoms with E-state index < -0.39 is 12.0 Å². The first-order valence-corrected chi connectivity index (χ1v) is 5.52. The van der Waals surface area contributed by atoms with Gasteiger partial charge in [-0.25, -0.2) is 0 Å². The van der Waals surface area contributed by atoms with Gasteiger partial charge in [-0.15, -0.1) is 6.58 Å². The molecule has 3 nitrogen and oxygen atoms in total. The molecule has 0 radical (unpaired) electrons. The molecule has 0 aromatic rings. The lowest BCUT2D eigenvalue weighted by Gasteiger charge is -2.11. The Morgan fingerprint density at radius 1 is 1.77 bits per heavy atom. The number of nitrogens with one attached hydrogen (secondary N) is 1. The van der Waals surface area contributed by atoms with E-state index in [1.54, 1.807) is 11.8 Å². The van der Waals surface area contributed by atoms with Crippen molar-refractivity contribution in [3.05, 3.63) is 12.7 Å². The molecule has 0 aliphatic carbocycles. The van der Waals surface area contributed by atoms with E-state index in [1.165, 1.54) is 0 Å². The fraction of sp³-hybridized carbons (Fsp3) is 0.667. The maximum Gasteiger partial charge on any atom is 0.320 e. The predicted octanol–water partition coefficient (Wildman–Crippen LogP) is 1.36. The summed E-state index contributed by atoms with van der Waals surface area (Å²) in [6, 6.07) is -0.399. The van der Waals surface area contributed by atoms with Crippen LogP contribution in [-0.2, 0) is 4.79 Å². The van der Waals surface area contributed by atoms with Gasteiger partial charge in [-0.1, -0.05) is 13.0 Å². The second kappa shape index (κ2) is 8.13. The summed E-state index contributed by atoms with van der Waals surface area (Å²) in [6.45, 7) is 6.21. The van der Waals surface area contributed by atoms with Crippen molar-refractivity contribution in [2.75, 3.05) is 18.1 Å². The van der Waals surface area contributed by atoms with Crippen LogP contribution < -0.4 is 5.32 Å². The molecule has 0 rings (SSSR count). The molecule has 2 N–H and O–H groups in total. The normalized spacial score (nSPS) is 12.4. The molecule has 13 heavy (non-hydrogen) atoms. The molecule has 0 aromatic heterocycles. The van der Waals surface area contributed by atoms with Crippen LogP contribution in [0.5, 0.6) is 0 Å². The minimum atomic E-state index is -0.767. The molecule has 0 saturated heterocycles. The molecule has 1 atom stereocenters. The first-order valence-electron chi connectivity index (χ1n) is 4.37. The molecule has 0 aliphatic heterocycles. The summed E-state index contributed by atoms with van der Waals surface area (Å²) in [5, 5.41) is 11.7. The minimum absolute atomic E-state index is 0.399. The number of aliphatic carboxylic acids is 1. The largest absolute Gasteiger partial charge is 0.480 e. The van der Waals surface area contributed by atoms with E-state index in [-0.39, 0.29) is 0 Å². The smallest absolute Gasteiger partial charge is 0.320 e. The van der Waals surface area contributed by atoms with Crippen molar-refractivity contribution in [3.63, 3.8) is 0 Å². The lowest BCUT2D eigenvalue weighted by Crippen LogP contribution is -2.37. The molecule has 0 fully saturated rings. The number of hydrogen-bond acceptors (Lipinski definition) is 3. The molecule has 0 amide bonds. The molecular weight excluding hydrogens is 186 g/mol. The van der Waals surface area contributed by atoms with E-state index in [0.717, 1.165) is 18.1 Å². The number of hydrogen-bond donors (Lipinski definition) is 2. The molecule has 1 unspecified atom stereocenters. The summed E-state index contributed by atoms with van der Waals surface area (Å²) < 4.78 is 0. The Morgan fingerprint density at radius 3 is 2.92 bits per heavy atom. The molecule has 0 saturated carbocycles. The van der Waals surface area contributed by atoms with Gasteiger partial charge in [-0.2, -0.15) is 11.8 Å². The monoisotopic (exact) mass is 203 g/mol. The Bertz CT molecular complexity index is 162. The van der Waals surface area contributed by atoms with Crippen molar-refractivity contribution in [1.29, 1.82) is 0 Å². The van der Waals surface area contributed by atoms with Gasteiger partial charge in [0.05, 0.1) is 0 Å². The molecule has 76 valence electrons. The standard InChI is InChI=1S/C9H17NO2S/c1-3-6-13-7-5-10-8(4-2)9(11)12/h3,8,10H,1,4-7H2,2H3,(H,11,12). The van der Waals surface area contributed by atoms with Crippen LogP contribution in [0.25, 0.3) is 0 Å². The van der Waals surface area contributed by atoms with E-state index >= 15 is 0 Å². The van der Waals surface area contributed by atoms with Gasteiger partial charge in [-0.05, 0) is 6.42 Å². The van der Waals surface area contributed by atoms with Crippen LogP contribution in [0.2, 0.25) is 0 Å². The fourth-order valence-corrected chi connectivity index (χ4v) is 1.47. The third kappa shape index (κ3) is 6.66. The van der Waals surface area contributed by atoms with Crippen LogP contribution in [0.15, 0.2) is 12.7 Å². The van der Waals surface area contributed by atoms with Crippen LogP contribution in [0.3, 0.4) is 0 Å². The Morgan fingerprint density at radius 2 is 2.46 bits per heavy atom. The summed E-state index contributed by atoms with van der Waals surface area (Å²) >= 11 is 1.74. The summed E-state index contributed by atoms with van der Waals surface area (Å²) in [4.78, 5) is 10.6. The van der Waals surface area contributed by atoms with Gasteiger partial charge in [0, 0.05) is 18.1 Å². The first-order chi connectivity index (χ1) is 6.22. The summed E-state index contributed by atoms with van der Waals surface area (Å²) in [6.07, 6.45) is 2.47. The Kier molecular flexibility index (Phi) is 7.83. The number of carbonyl (C=O) groups is 1. The zero-order valence-electron chi connectivity index (χ0n) is 7.95. The number of thioether (sulfide) groups is 1. The molecule has 0 bridgehead atoms. The number of carboxylic acids is 1. The fourth-order valence-electron chi connectivity index (χ4n) is 0.878. The highest BCUT2D eigenvalue weighted by Gasteiger charge is 2.12. The highest BCUT2D eigenvalue weighted by molar-refractivity contribution is 7.99. The minimum Gasteiger partial charge on any atom is -0.480 e. The first kappa shape index (κ1) is 12.5. The van der Waals surface area contributed by atoms with Crippen molar-refractivity contribution in [2.45, 2.75) is 19.4 Å². The van der Waals surface area contributed by atoms with Crippen LogP contribution in [-0.4, -0.2) is 35.2 Å². The Labute approximate surface area is 83.6 Å². The van der Waals surface area contributed by atoms with Gasteiger partial charge in [0.1, 0.15) is 6.04 Å². The number of rotatable bonds is 8. The zero-order valence-corrected chi connectivity index (χ0v) is 8.77. The maximum absolute atomic E-state index is 10.6. The van der Waals surface area contributed by atoms with Gasteiger partial charge in [0.2, 0.25) is 0 Å².